The Bertz CT molecular complexity index is 933. The summed E-state index contributed by atoms with van der Waals surface area (Å²) in [5.41, 5.74) is 2.23. The highest BCUT2D eigenvalue weighted by atomic mass is 79.9. The number of halogens is 1. The van der Waals surface area contributed by atoms with E-state index in [1.807, 2.05) is 19.1 Å². The van der Waals surface area contributed by atoms with Crippen LogP contribution >= 0.6 is 15.9 Å². The zero-order valence-corrected chi connectivity index (χ0v) is 13.9. The standard InChI is InChI=1S/C17H13BrN2O3/c1-11-2-4-12(5-3-11)17(22)23-10-14-8-16(21)20-9-13(18)6-7-15(20)19-14/h2-9H,10H2,1H3. The Morgan fingerprint density at radius 3 is 2.70 bits per heavy atom. The van der Waals surface area contributed by atoms with Crippen molar-refractivity contribution < 1.29 is 9.53 Å². The van der Waals surface area contributed by atoms with Crippen molar-refractivity contribution in [1.29, 1.82) is 0 Å². The highest BCUT2D eigenvalue weighted by Crippen LogP contribution is 2.10. The van der Waals surface area contributed by atoms with Gasteiger partial charge >= 0.3 is 5.97 Å². The van der Waals surface area contributed by atoms with E-state index in [1.165, 1.54) is 10.5 Å². The van der Waals surface area contributed by atoms with Gasteiger partial charge in [0.25, 0.3) is 5.56 Å². The molecule has 3 aromatic rings. The van der Waals surface area contributed by atoms with Crippen LogP contribution in [0.5, 0.6) is 0 Å². The smallest absolute Gasteiger partial charge is 0.338 e. The van der Waals surface area contributed by atoms with Gasteiger partial charge in [-0.25, -0.2) is 9.78 Å². The Morgan fingerprint density at radius 1 is 1.22 bits per heavy atom. The quantitative estimate of drug-likeness (QED) is 0.662. The molecule has 0 fully saturated rings. The van der Waals surface area contributed by atoms with Crippen LogP contribution < -0.4 is 5.56 Å². The number of aryl methyl sites for hydroxylation is 1. The molecule has 2 aromatic heterocycles. The number of hydrogen-bond acceptors (Lipinski definition) is 4. The number of carbonyl (C=O) groups is 1. The molecule has 0 radical (unpaired) electrons. The molecule has 0 aliphatic heterocycles. The molecule has 0 aliphatic carbocycles. The number of aromatic nitrogens is 2. The molecule has 0 saturated carbocycles. The van der Waals surface area contributed by atoms with Gasteiger partial charge < -0.3 is 4.74 Å². The molecule has 0 saturated heterocycles. The molecule has 0 atom stereocenters. The lowest BCUT2D eigenvalue weighted by molar-refractivity contribution is 0.0467. The number of esters is 1. The van der Waals surface area contributed by atoms with Crippen molar-refractivity contribution >= 4 is 27.5 Å². The number of pyridine rings is 1. The molecule has 6 heteroatoms. The zero-order chi connectivity index (χ0) is 16.4. The highest BCUT2D eigenvalue weighted by Gasteiger charge is 2.09. The van der Waals surface area contributed by atoms with Gasteiger partial charge in [0.1, 0.15) is 12.3 Å². The third kappa shape index (κ3) is 3.48. The predicted molar refractivity (Wildman–Crippen MR) is 89.5 cm³/mol. The normalized spacial score (nSPS) is 10.7. The monoisotopic (exact) mass is 372 g/mol. The number of rotatable bonds is 3. The van der Waals surface area contributed by atoms with Crippen LogP contribution in [0, 0.1) is 6.92 Å². The van der Waals surface area contributed by atoms with Gasteiger partial charge in [-0.1, -0.05) is 17.7 Å². The first-order chi connectivity index (χ1) is 11.0. The van der Waals surface area contributed by atoms with E-state index in [1.54, 1.807) is 30.5 Å². The predicted octanol–water partition coefficient (Wildman–Crippen LogP) is 3.12. The van der Waals surface area contributed by atoms with Crippen LogP contribution in [-0.4, -0.2) is 15.4 Å². The number of carbonyl (C=O) groups excluding carboxylic acids is 1. The van der Waals surface area contributed by atoms with Crippen LogP contribution in [0.3, 0.4) is 0 Å². The van der Waals surface area contributed by atoms with Crippen molar-refractivity contribution in [2.45, 2.75) is 13.5 Å². The van der Waals surface area contributed by atoms with E-state index in [0.29, 0.717) is 16.9 Å². The fourth-order valence-electron chi connectivity index (χ4n) is 2.11. The van der Waals surface area contributed by atoms with Crippen LogP contribution in [0.25, 0.3) is 5.65 Å². The Hall–Kier alpha value is -2.47. The van der Waals surface area contributed by atoms with Gasteiger partial charge in [-0.15, -0.1) is 0 Å². The average molecular weight is 373 g/mol. The summed E-state index contributed by atoms with van der Waals surface area (Å²) in [5.74, 6) is -0.442. The molecule has 0 bridgehead atoms. The summed E-state index contributed by atoms with van der Waals surface area (Å²) in [6.45, 7) is 1.90. The fraction of sp³-hybridized carbons (Fsp3) is 0.118. The van der Waals surface area contributed by atoms with Crippen LogP contribution in [-0.2, 0) is 11.3 Å². The van der Waals surface area contributed by atoms with E-state index in [0.717, 1.165) is 10.0 Å². The second-order valence-electron chi connectivity index (χ2n) is 5.10. The average Bonchev–Trinajstić information content (AvgIpc) is 2.54. The van der Waals surface area contributed by atoms with Gasteiger partial charge in [0, 0.05) is 16.7 Å². The molecule has 23 heavy (non-hydrogen) atoms. The fourth-order valence-corrected chi connectivity index (χ4v) is 2.45. The Labute approximate surface area is 140 Å². The summed E-state index contributed by atoms with van der Waals surface area (Å²) in [4.78, 5) is 28.4. The van der Waals surface area contributed by atoms with Crippen LogP contribution in [0.4, 0.5) is 0 Å². The van der Waals surface area contributed by atoms with Gasteiger partial charge in [0.05, 0.1) is 11.3 Å². The summed E-state index contributed by atoms with van der Waals surface area (Å²) < 4.78 is 7.43. The lowest BCUT2D eigenvalue weighted by Gasteiger charge is -2.06. The second kappa shape index (κ2) is 6.34. The maximum atomic E-state index is 12.1. The largest absolute Gasteiger partial charge is 0.456 e. The molecule has 0 N–H and O–H groups in total. The highest BCUT2D eigenvalue weighted by molar-refractivity contribution is 9.10. The van der Waals surface area contributed by atoms with Crippen molar-refractivity contribution in [3.8, 4) is 0 Å². The van der Waals surface area contributed by atoms with Gasteiger partial charge in [-0.2, -0.15) is 0 Å². The summed E-state index contributed by atoms with van der Waals surface area (Å²) in [5, 5.41) is 0. The second-order valence-corrected chi connectivity index (χ2v) is 6.02. The molecule has 3 rings (SSSR count). The molecule has 0 unspecified atom stereocenters. The third-order valence-corrected chi connectivity index (χ3v) is 3.78. The van der Waals surface area contributed by atoms with Gasteiger partial charge in [-0.3, -0.25) is 9.20 Å². The van der Waals surface area contributed by atoms with Crippen molar-refractivity contribution in [1.82, 2.24) is 9.38 Å². The van der Waals surface area contributed by atoms with Crippen LogP contribution in [0.2, 0.25) is 0 Å². The minimum absolute atomic E-state index is 0.0471. The first-order valence-electron chi connectivity index (χ1n) is 6.94. The maximum absolute atomic E-state index is 12.1. The van der Waals surface area contributed by atoms with Crippen molar-refractivity contribution in [3.05, 3.63) is 80.3 Å². The summed E-state index contributed by atoms with van der Waals surface area (Å²) in [6, 6.07) is 12.0. The van der Waals surface area contributed by atoms with E-state index in [4.69, 9.17) is 4.74 Å². The maximum Gasteiger partial charge on any atom is 0.338 e. The Morgan fingerprint density at radius 2 is 1.96 bits per heavy atom. The van der Waals surface area contributed by atoms with Gasteiger partial charge in [-0.05, 0) is 47.1 Å². The van der Waals surface area contributed by atoms with Crippen LogP contribution in [0.1, 0.15) is 21.6 Å². The van der Waals surface area contributed by atoms with E-state index < -0.39 is 5.97 Å². The van der Waals surface area contributed by atoms with E-state index in [2.05, 4.69) is 20.9 Å². The molecule has 116 valence electrons. The molecule has 1 aromatic carbocycles. The molecule has 0 aliphatic rings. The summed E-state index contributed by atoms with van der Waals surface area (Å²) >= 11 is 3.31. The first-order valence-corrected chi connectivity index (χ1v) is 7.74. The van der Waals surface area contributed by atoms with E-state index in [9.17, 15) is 9.59 Å². The number of hydrogen-bond donors (Lipinski definition) is 0. The third-order valence-electron chi connectivity index (χ3n) is 3.31. The van der Waals surface area contributed by atoms with Crippen molar-refractivity contribution in [2.24, 2.45) is 0 Å². The number of benzene rings is 1. The minimum Gasteiger partial charge on any atom is -0.456 e. The van der Waals surface area contributed by atoms with E-state index in [-0.39, 0.29) is 12.2 Å². The molecular weight excluding hydrogens is 360 g/mol. The number of nitrogens with zero attached hydrogens (tertiary/aromatic N) is 2. The molecular formula is C17H13BrN2O3. The molecule has 5 nitrogen and oxygen atoms in total. The molecule has 0 spiro atoms. The topological polar surface area (TPSA) is 60.7 Å². The van der Waals surface area contributed by atoms with E-state index >= 15 is 0 Å². The SMILES string of the molecule is Cc1ccc(C(=O)OCc2cc(=O)n3cc(Br)ccc3n2)cc1. The van der Waals surface area contributed by atoms with Crippen molar-refractivity contribution in [3.63, 3.8) is 0 Å². The zero-order valence-electron chi connectivity index (χ0n) is 12.3. The number of fused-ring (bicyclic) bond motifs is 1. The molecule has 0 amide bonds. The summed E-state index contributed by atoms with van der Waals surface area (Å²) in [7, 11) is 0. The lowest BCUT2D eigenvalue weighted by Crippen LogP contribution is -2.16. The molecule has 2 heterocycles. The van der Waals surface area contributed by atoms with Gasteiger partial charge in [0.15, 0.2) is 0 Å². The number of ether oxygens (including phenoxy) is 1. The Kier molecular flexibility index (Phi) is 4.25. The van der Waals surface area contributed by atoms with Crippen molar-refractivity contribution in [2.75, 3.05) is 0 Å². The van der Waals surface area contributed by atoms with Crippen LogP contribution in [0.15, 0.2) is 57.9 Å². The summed E-state index contributed by atoms with van der Waals surface area (Å²) in [6.07, 6.45) is 1.65. The Balaban J connectivity index is 1.79. The van der Waals surface area contributed by atoms with Gasteiger partial charge in [0.2, 0.25) is 0 Å². The lowest BCUT2D eigenvalue weighted by atomic mass is 10.1. The minimum atomic E-state index is -0.442. The first kappa shape index (κ1) is 15.4.